The molecule has 0 radical (unpaired) electrons. The molecule has 0 aliphatic heterocycles. The monoisotopic (exact) mass is 841 g/mol. The Kier molecular flexibility index (Phi) is 9.89. The van der Waals surface area contributed by atoms with Crippen molar-refractivity contribution in [3.63, 3.8) is 0 Å². The van der Waals surface area contributed by atoms with Gasteiger partial charge in [0.2, 0.25) is 0 Å². The van der Waals surface area contributed by atoms with Gasteiger partial charge in [-0.3, -0.25) is 0 Å². The van der Waals surface area contributed by atoms with Crippen LogP contribution in [0.5, 0.6) is 0 Å². The van der Waals surface area contributed by atoms with Crippen molar-refractivity contribution in [3.05, 3.63) is 261 Å². The summed E-state index contributed by atoms with van der Waals surface area (Å²) in [6.07, 6.45) is 0. The summed E-state index contributed by atoms with van der Waals surface area (Å²) in [7, 11) is 0. The third-order valence-electron chi connectivity index (χ3n) is 12.9. The molecule has 0 bridgehead atoms. The molecule has 0 saturated heterocycles. The van der Waals surface area contributed by atoms with Crippen molar-refractivity contribution in [1.82, 2.24) is 0 Å². The lowest BCUT2D eigenvalue weighted by Crippen LogP contribution is -2.10. The summed E-state index contributed by atoms with van der Waals surface area (Å²) in [4.78, 5) is 2.34. The standard InChI is InChI=1S/C64H43NO/c1-4-17-45(18-5-1)54-27-10-11-28-55(54)51-26-12-25-50(43-51)44-35-39-52(40-36-44)65(61-34-16-33-60-59-32-15-31-58(63(59)66-64(60)61)47-21-8-3-9-22-47)53-41-37-48(38-42-53)57-30-14-24-49-23-13-29-56(62(49)57)46-19-6-2-7-20-46/h1-43H. The van der Waals surface area contributed by atoms with Gasteiger partial charge in [0.1, 0.15) is 5.58 Å². The Bertz CT molecular complexity index is 3660. The lowest BCUT2D eigenvalue weighted by molar-refractivity contribution is 0.670. The molecule has 0 unspecified atom stereocenters. The highest BCUT2D eigenvalue weighted by molar-refractivity contribution is 6.14. The summed E-state index contributed by atoms with van der Waals surface area (Å²) in [5, 5.41) is 4.64. The first-order chi connectivity index (χ1) is 32.7. The van der Waals surface area contributed by atoms with E-state index in [9.17, 15) is 0 Å². The number of para-hydroxylation sites is 2. The van der Waals surface area contributed by atoms with E-state index in [2.05, 4.69) is 266 Å². The molecule has 66 heavy (non-hydrogen) atoms. The SMILES string of the molecule is c1ccc(-c2ccccc2-c2cccc(-c3ccc(N(c4ccc(-c5cccc6cccc(-c7ccccc7)c56)cc4)c4cccc5c4oc4c(-c6ccccc6)cccc45)cc3)c2)cc1. The normalized spacial score (nSPS) is 11.3. The highest BCUT2D eigenvalue weighted by atomic mass is 16.3. The fraction of sp³-hybridized carbons (Fsp3) is 0. The van der Waals surface area contributed by atoms with Crippen LogP contribution in [0.1, 0.15) is 0 Å². The number of fused-ring (bicyclic) bond motifs is 4. The average molecular weight is 842 g/mol. The summed E-state index contributed by atoms with van der Waals surface area (Å²) in [5.41, 5.74) is 18.9. The van der Waals surface area contributed by atoms with Gasteiger partial charge in [0.15, 0.2) is 5.58 Å². The molecule has 310 valence electrons. The maximum absolute atomic E-state index is 7.04. The molecule has 0 atom stereocenters. The molecule has 0 amide bonds. The number of nitrogens with zero attached hydrogens (tertiary/aromatic N) is 1. The number of benzene rings is 11. The first-order valence-corrected chi connectivity index (χ1v) is 22.6. The highest BCUT2D eigenvalue weighted by Crippen LogP contribution is 2.45. The maximum atomic E-state index is 7.04. The Morgan fingerprint density at radius 2 is 0.667 bits per heavy atom. The van der Waals surface area contributed by atoms with Gasteiger partial charge in [0.05, 0.1) is 5.69 Å². The Morgan fingerprint density at radius 3 is 1.29 bits per heavy atom. The number of hydrogen-bond acceptors (Lipinski definition) is 2. The number of anilines is 3. The molecule has 0 N–H and O–H groups in total. The fourth-order valence-electron chi connectivity index (χ4n) is 9.76. The molecule has 0 fully saturated rings. The zero-order valence-electron chi connectivity index (χ0n) is 36.2. The van der Waals surface area contributed by atoms with E-state index in [1.54, 1.807) is 0 Å². The predicted octanol–water partition coefficient (Wildman–Crippen LogP) is 18.2. The minimum atomic E-state index is 0.843. The van der Waals surface area contributed by atoms with Gasteiger partial charge in [-0.2, -0.15) is 0 Å². The largest absolute Gasteiger partial charge is 0.453 e. The van der Waals surface area contributed by atoms with Crippen molar-refractivity contribution >= 4 is 49.8 Å². The molecule has 0 aliphatic rings. The summed E-state index contributed by atoms with van der Waals surface area (Å²) < 4.78 is 7.04. The van der Waals surface area contributed by atoms with Gasteiger partial charge in [-0.15, -0.1) is 0 Å². The summed E-state index contributed by atoms with van der Waals surface area (Å²) >= 11 is 0. The third kappa shape index (κ3) is 7.02. The van der Waals surface area contributed by atoms with Crippen LogP contribution in [0.25, 0.3) is 99.5 Å². The van der Waals surface area contributed by atoms with Crippen LogP contribution in [0, 0.1) is 0 Å². The van der Waals surface area contributed by atoms with Gasteiger partial charge < -0.3 is 9.32 Å². The lowest BCUT2D eigenvalue weighted by Gasteiger charge is -2.26. The van der Waals surface area contributed by atoms with Crippen LogP contribution >= 0.6 is 0 Å². The molecule has 2 heteroatoms. The van der Waals surface area contributed by atoms with Gasteiger partial charge in [0.25, 0.3) is 0 Å². The Balaban J connectivity index is 0.983. The Morgan fingerprint density at radius 1 is 0.258 bits per heavy atom. The van der Waals surface area contributed by atoms with Crippen LogP contribution < -0.4 is 4.90 Å². The van der Waals surface area contributed by atoms with Crippen LogP contribution in [0.3, 0.4) is 0 Å². The molecule has 11 aromatic carbocycles. The second kappa shape index (κ2) is 16.8. The third-order valence-corrected chi connectivity index (χ3v) is 12.9. The number of rotatable bonds is 9. The first kappa shape index (κ1) is 38.9. The van der Waals surface area contributed by atoms with Gasteiger partial charge in [-0.1, -0.05) is 224 Å². The van der Waals surface area contributed by atoms with Crippen molar-refractivity contribution in [3.8, 4) is 66.8 Å². The smallest absolute Gasteiger partial charge is 0.159 e. The van der Waals surface area contributed by atoms with Crippen LogP contribution in [0.2, 0.25) is 0 Å². The summed E-state index contributed by atoms with van der Waals surface area (Å²) in [6, 6.07) is 93.6. The number of furan rings is 1. The van der Waals surface area contributed by atoms with E-state index in [0.29, 0.717) is 0 Å². The van der Waals surface area contributed by atoms with Crippen LogP contribution in [-0.4, -0.2) is 0 Å². The first-order valence-electron chi connectivity index (χ1n) is 22.6. The van der Waals surface area contributed by atoms with E-state index in [1.165, 1.54) is 49.7 Å². The molecule has 0 spiro atoms. The van der Waals surface area contributed by atoms with Gasteiger partial charge >= 0.3 is 0 Å². The van der Waals surface area contributed by atoms with E-state index in [1.807, 2.05) is 0 Å². The summed E-state index contributed by atoms with van der Waals surface area (Å²) in [6.45, 7) is 0. The van der Waals surface area contributed by atoms with Crippen molar-refractivity contribution in [2.24, 2.45) is 0 Å². The molecule has 1 heterocycles. The topological polar surface area (TPSA) is 16.4 Å². The minimum absolute atomic E-state index is 0.843. The molecule has 0 saturated carbocycles. The highest BCUT2D eigenvalue weighted by Gasteiger charge is 2.22. The maximum Gasteiger partial charge on any atom is 0.159 e. The van der Waals surface area contributed by atoms with E-state index < -0.39 is 0 Å². The molecule has 0 aliphatic carbocycles. The number of hydrogen-bond donors (Lipinski definition) is 0. The van der Waals surface area contributed by atoms with E-state index in [4.69, 9.17) is 4.42 Å². The fourth-order valence-corrected chi connectivity index (χ4v) is 9.76. The van der Waals surface area contributed by atoms with E-state index in [-0.39, 0.29) is 0 Å². The second-order valence-corrected chi connectivity index (χ2v) is 16.8. The van der Waals surface area contributed by atoms with Crippen molar-refractivity contribution < 1.29 is 4.42 Å². The van der Waals surface area contributed by atoms with Crippen molar-refractivity contribution in [2.45, 2.75) is 0 Å². The zero-order chi connectivity index (χ0) is 43.8. The Labute approximate surface area is 384 Å². The average Bonchev–Trinajstić information content (AvgIpc) is 3.79. The van der Waals surface area contributed by atoms with Crippen molar-refractivity contribution in [1.29, 1.82) is 0 Å². The predicted molar refractivity (Wildman–Crippen MR) is 279 cm³/mol. The zero-order valence-corrected chi connectivity index (χ0v) is 36.2. The Hall–Kier alpha value is -8.72. The second-order valence-electron chi connectivity index (χ2n) is 16.8. The minimum Gasteiger partial charge on any atom is -0.453 e. The quantitative estimate of drug-likeness (QED) is 0.144. The molecule has 12 rings (SSSR count). The van der Waals surface area contributed by atoms with E-state index >= 15 is 0 Å². The molecular formula is C64H43NO. The van der Waals surface area contributed by atoms with E-state index in [0.717, 1.165) is 66.8 Å². The summed E-state index contributed by atoms with van der Waals surface area (Å²) in [5.74, 6) is 0. The van der Waals surface area contributed by atoms with Crippen LogP contribution in [0.4, 0.5) is 17.1 Å². The van der Waals surface area contributed by atoms with Gasteiger partial charge in [0, 0.05) is 27.7 Å². The molecular weight excluding hydrogens is 799 g/mol. The molecule has 12 aromatic rings. The lowest BCUT2D eigenvalue weighted by atomic mass is 9.91. The van der Waals surface area contributed by atoms with Gasteiger partial charge in [-0.25, -0.2) is 0 Å². The van der Waals surface area contributed by atoms with Crippen molar-refractivity contribution in [2.75, 3.05) is 4.90 Å². The van der Waals surface area contributed by atoms with Gasteiger partial charge in [-0.05, 0) is 108 Å². The molecule has 1 aromatic heterocycles. The van der Waals surface area contributed by atoms with Crippen LogP contribution in [0.15, 0.2) is 265 Å². The van der Waals surface area contributed by atoms with Crippen LogP contribution in [-0.2, 0) is 0 Å². The molecule has 2 nitrogen and oxygen atoms in total.